The van der Waals surface area contributed by atoms with E-state index < -0.39 is 0 Å². The first-order chi connectivity index (χ1) is 12.6. The maximum Gasteiger partial charge on any atom is 0.293 e. The summed E-state index contributed by atoms with van der Waals surface area (Å²) in [6.07, 6.45) is 2.68. The molecule has 0 saturated carbocycles. The molecule has 138 valence electrons. The number of ether oxygens (including phenoxy) is 1. The quantitative estimate of drug-likeness (QED) is 0.793. The van der Waals surface area contributed by atoms with Crippen molar-refractivity contribution in [3.63, 3.8) is 0 Å². The molecule has 1 saturated heterocycles. The van der Waals surface area contributed by atoms with Gasteiger partial charge in [0.2, 0.25) is 5.91 Å². The van der Waals surface area contributed by atoms with Gasteiger partial charge in [0.25, 0.3) is 5.56 Å². The zero-order valence-corrected chi connectivity index (χ0v) is 15.3. The standard InChI is InChI=1S/C20H25N3O3/c1-21(19(24)15-23-11-6-9-18(26-2)20(23)25)13-16-10-12-22(14-16)17-7-4-3-5-8-17/h3-9,11,16H,10,12-15H2,1-2H3/t16-/m1/s1. The molecule has 1 aliphatic heterocycles. The number of hydrogen-bond acceptors (Lipinski definition) is 4. The van der Waals surface area contributed by atoms with Crippen LogP contribution in [0.25, 0.3) is 0 Å². The van der Waals surface area contributed by atoms with Gasteiger partial charge in [-0.2, -0.15) is 0 Å². The van der Waals surface area contributed by atoms with E-state index in [-0.39, 0.29) is 23.8 Å². The number of carbonyl (C=O) groups is 1. The number of likely N-dealkylation sites (N-methyl/N-ethyl adjacent to an activating group) is 1. The second kappa shape index (κ2) is 8.08. The fourth-order valence-corrected chi connectivity index (χ4v) is 3.41. The highest BCUT2D eigenvalue weighted by Gasteiger charge is 2.25. The van der Waals surface area contributed by atoms with Crippen molar-refractivity contribution in [2.24, 2.45) is 5.92 Å². The van der Waals surface area contributed by atoms with Gasteiger partial charge in [0.05, 0.1) is 7.11 Å². The van der Waals surface area contributed by atoms with Crippen LogP contribution in [-0.2, 0) is 11.3 Å². The van der Waals surface area contributed by atoms with Crippen molar-refractivity contribution < 1.29 is 9.53 Å². The molecule has 1 atom stereocenters. The summed E-state index contributed by atoms with van der Waals surface area (Å²) >= 11 is 0. The van der Waals surface area contributed by atoms with Crippen LogP contribution in [0.1, 0.15) is 6.42 Å². The molecule has 2 aromatic rings. The molecule has 1 aliphatic rings. The Balaban J connectivity index is 1.56. The Morgan fingerprint density at radius 3 is 2.73 bits per heavy atom. The van der Waals surface area contributed by atoms with Crippen molar-refractivity contribution in [1.82, 2.24) is 9.47 Å². The maximum absolute atomic E-state index is 12.5. The van der Waals surface area contributed by atoms with Gasteiger partial charge in [-0.05, 0) is 36.6 Å². The van der Waals surface area contributed by atoms with E-state index in [0.29, 0.717) is 12.5 Å². The maximum atomic E-state index is 12.5. The van der Waals surface area contributed by atoms with Gasteiger partial charge in [0, 0.05) is 38.6 Å². The lowest BCUT2D eigenvalue weighted by Crippen LogP contribution is -2.37. The van der Waals surface area contributed by atoms with E-state index in [0.717, 1.165) is 19.5 Å². The third-order valence-electron chi connectivity index (χ3n) is 4.88. The number of amides is 1. The molecule has 0 unspecified atom stereocenters. The molecule has 1 aromatic carbocycles. The van der Waals surface area contributed by atoms with Crippen LogP contribution in [0.3, 0.4) is 0 Å². The number of benzene rings is 1. The largest absolute Gasteiger partial charge is 0.491 e. The van der Waals surface area contributed by atoms with Crippen molar-refractivity contribution in [1.29, 1.82) is 0 Å². The van der Waals surface area contributed by atoms with E-state index in [1.54, 1.807) is 30.3 Å². The summed E-state index contributed by atoms with van der Waals surface area (Å²) < 4.78 is 6.42. The highest BCUT2D eigenvalue weighted by atomic mass is 16.5. The zero-order chi connectivity index (χ0) is 18.5. The van der Waals surface area contributed by atoms with E-state index in [9.17, 15) is 9.59 Å². The normalized spacial score (nSPS) is 16.5. The average molecular weight is 355 g/mol. The lowest BCUT2D eigenvalue weighted by atomic mass is 10.1. The minimum atomic E-state index is -0.284. The van der Waals surface area contributed by atoms with Gasteiger partial charge >= 0.3 is 0 Å². The molecule has 0 N–H and O–H groups in total. The zero-order valence-electron chi connectivity index (χ0n) is 15.3. The fraction of sp³-hybridized carbons (Fsp3) is 0.400. The molecule has 1 fully saturated rings. The van der Waals surface area contributed by atoms with E-state index in [1.165, 1.54) is 17.4 Å². The smallest absolute Gasteiger partial charge is 0.293 e. The van der Waals surface area contributed by atoms with Crippen LogP contribution in [0.15, 0.2) is 53.5 Å². The highest BCUT2D eigenvalue weighted by molar-refractivity contribution is 5.75. The van der Waals surface area contributed by atoms with Gasteiger partial charge in [-0.25, -0.2) is 0 Å². The molecular weight excluding hydrogens is 330 g/mol. The van der Waals surface area contributed by atoms with Gasteiger partial charge in [0.15, 0.2) is 5.75 Å². The molecule has 6 nitrogen and oxygen atoms in total. The summed E-state index contributed by atoms with van der Waals surface area (Å²) in [7, 11) is 3.26. The highest BCUT2D eigenvalue weighted by Crippen LogP contribution is 2.23. The van der Waals surface area contributed by atoms with E-state index in [4.69, 9.17) is 4.74 Å². The predicted molar refractivity (Wildman–Crippen MR) is 102 cm³/mol. The molecule has 2 heterocycles. The number of anilines is 1. The number of methoxy groups -OCH3 is 1. The van der Waals surface area contributed by atoms with Crippen LogP contribution in [-0.4, -0.2) is 49.2 Å². The van der Waals surface area contributed by atoms with Crippen LogP contribution >= 0.6 is 0 Å². The SMILES string of the molecule is COc1cccn(CC(=O)N(C)C[C@H]2CCN(c3ccccc3)C2)c1=O. The molecule has 1 amide bonds. The lowest BCUT2D eigenvalue weighted by molar-refractivity contribution is -0.131. The molecular formula is C20H25N3O3. The van der Waals surface area contributed by atoms with E-state index in [2.05, 4.69) is 17.0 Å². The number of aromatic nitrogens is 1. The van der Waals surface area contributed by atoms with E-state index >= 15 is 0 Å². The predicted octanol–water partition coefficient (Wildman–Crippen LogP) is 1.84. The molecule has 0 radical (unpaired) electrons. The van der Waals surface area contributed by atoms with E-state index in [1.807, 2.05) is 18.2 Å². The van der Waals surface area contributed by atoms with Crippen LogP contribution in [0.5, 0.6) is 5.75 Å². The van der Waals surface area contributed by atoms with Crippen LogP contribution in [0.4, 0.5) is 5.69 Å². The first-order valence-electron chi connectivity index (χ1n) is 8.86. The van der Waals surface area contributed by atoms with Crippen molar-refractivity contribution in [3.8, 4) is 5.75 Å². The third kappa shape index (κ3) is 4.07. The Morgan fingerprint density at radius 1 is 1.23 bits per heavy atom. The van der Waals surface area contributed by atoms with Crippen LogP contribution in [0.2, 0.25) is 0 Å². The number of nitrogens with zero attached hydrogens (tertiary/aromatic N) is 3. The molecule has 0 bridgehead atoms. The molecule has 6 heteroatoms. The Hall–Kier alpha value is -2.76. The first-order valence-corrected chi connectivity index (χ1v) is 8.86. The van der Waals surface area contributed by atoms with Crippen molar-refractivity contribution in [3.05, 3.63) is 59.0 Å². The molecule has 26 heavy (non-hydrogen) atoms. The minimum absolute atomic E-state index is 0.0294. The summed E-state index contributed by atoms with van der Waals surface area (Å²) in [6, 6.07) is 13.7. The lowest BCUT2D eigenvalue weighted by Gasteiger charge is -2.23. The van der Waals surface area contributed by atoms with Crippen molar-refractivity contribution in [2.45, 2.75) is 13.0 Å². The average Bonchev–Trinajstić information content (AvgIpc) is 3.12. The Kier molecular flexibility index (Phi) is 5.61. The van der Waals surface area contributed by atoms with Gasteiger partial charge in [-0.3, -0.25) is 9.59 Å². The van der Waals surface area contributed by atoms with Gasteiger partial charge in [-0.15, -0.1) is 0 Å². The molecule has 1 aromatic heterocycles. The fourth-order valence-electron chi connectivity index (χ4n) is 3.41. The number of carbonyl (C=O) groups excluding carboxylic acids is 1. The number of para-hydroxylation sites is 1. The summed E-state index contributed by atoms with van der Waals surface area (Å²) in [6.45, 7) is 2.68. The second-order valence-electron chi connectivity index (χ2n) is 6.72. The number of pyridine rings is 1. The monoisotopic (exact) mass is 355 g/mol. The third-order valence-corrected chi connectivity index (χ3v) is 4.88. The molecule has 3 rings (SSSR count). The van der Waals surface area contributed by atoms with Crippen molar-refractivity contribution in [2.75, 3.05) is 38.7 Å². The Labute approximate surface area is 153 Å². The van der Waals surface area contributed by atoms with Gasteiger partial charge in [0.1, 0.15) is 6.54 Å². The first kappa shape index (κ1) is 18.0. The topological polar surface area (TPSA) is 54.8 Å². The Morgan fingerprint density at radius 2 is 2.00 bits per heavy atom. The summed E-state index contributed by atoms with van der Waals surface area (Å²) in [5, 5.41) is 0. The van der Waals surface area contributed by atoms with Crippen molar-refractivity contribution >= 4 is 11.6 Å². The molecule has 0 spiro atoms. The summed E-state index contributed by atoms with van der Waals surface area (Å²) in [4.78, 5) is 28.8. The second-order valence-corrected chi connectivity index (χ2v) is 6.72. The number of rotatable bonds is 6. The van der Waals surface area contributed by atoms with Gasteiger partial charge < -0.3 is 19.1 Å². The van der Waals surface area contributed by atoms with Gasteiger partial charge in [-0.1, -0.05) is 18.2 Å². The minimum Gasteiger partial charge on any atom is -0.491 e. The van der Waals surface area contributed by atoms with Crippen LogP contribution in [0, 0.1) is 5.92 Å². The Bertz CT molecular complexity index is 803. The summed E-state index contributed by atoms with van der Waals surface area (Å²) in [5.41, 5.74) is 0.944. The number of hydrogen-bond donors (Lipinski definition) is 0. The summed E-state index contributed by atoms with van der Waals surface area (Å²) in [5.74, 6) is 0.613. The van der Waals surface area contributed by atoms with Crippen LogP contribution < -0.4 is 15.2 Å². The molecule has 0 aliphatic carbocycles.